The molecule has 4 heterocycles. The first-order chi connectivity index (χ1) is 27.7. The number of hydrogen-bond acceptors (Lipinski definition) is 6. The van der Waals surface area contributed by atoms with Crippen LogP contribution in [0.15, 0.2) is 176 Å². The van der Waals surface area contributed by atoms with Crippen LogP contribution in [0.4, 0.5) is 34.1 Å². The Morgan fingerprint density at radius 1 is 0.393 bits per heavy atom. The SMILES string of the molecule is Oc1cc2c3c(c1)N(c1ccccc1)c1cc4c(cc1B3c1ccccc1O2)B1c2ccccc2Oc2cc(Oc3ccccc3)cc(c21)N4c1ccccc1. The van der Waals surface area contributed by atoms with Crippen molar-refractivity contribution in [2.75, 3.05) is 9.80 Å². The molecule has 8 aromatic carbocycles. The number of nitrogens with zero attached hydrogens (tertiary/aromatic N) is 2. The summed E-state index contributed by atoms with van der Waals surface area (Å²) < 4.78 is 19.9. The van der Waals surface area contributed by atoms with Gasteiger partial charge in [0.25, 0.3) is 13.4 Å². The van der Waals surface area contributed by atoms with Crippen LogP contribution < -0.4 is 56.8 Å². The van der Waals surface area contributed by atoms with Gasteiger partial charge in [0.15, 0.2) is 0 Å². The summed E-state index contributed by atoms with van der Waals surface area (Å²) in [6, 6.07) is 60.0. The summed E-state index contributed by atoms with van der Waals surface area (Å²) in [7, 11) is 0. The van der Waals surface area contributed by atoms with Gasteiger partial charge in [-0.25, -0.2) is 0 Å². The molecule has 12 rings (SSSR count). The second kappa shape index (κ2) is 11.8. The van der Waals surface area contributed by atoms with E-state index in [1.54, 1.807) is 6.07 Å². The van der Waals surface area contributed by atoms with Crippen molar-refractivity contribution in [2.45, 2.75) is 0 Å². The molecule has 0 amide bonds. The molecule has 0 bridgehead atoms. The molecule has 0 saturated carbocycles. The van der Waals surface area contributed by atoms with E-state index < -0.39 is 0 Å². The normalized spacial score (nSPS) is 13.6. The van der Waals surface area contributed by atoms with E-state index in [1.807, 2.05) is 66.7 Å². The largest absolute Gasteiger partial charge is 0.508 e. The number of ether oxygens (including phenoxy) is 3. The van der Waals surface area contributed by atoms with Crippen LogP contribution in [0.2, 0.25) is 0 Å². The summed E-state index contributed by atoms with van der Waals surface area (Å²) in [6.07, 6.45) is 0. The fourth-order valence-corrected chi connectivity index (χ4v) is 9.24. The lowest BCUT2D eigenvalue weighted by molar-refractivity contribution is 0.457. The Kier molecular flexibility index (Phi) is 6.57. The van der Waals surface area contributed by atoms with Crippen molar-refractivity contribution < 1.29 is 19.3 Å². The van der Waals surface area contributed by atoms with E-state index in [0.717, 1.165) is 84.4 Å². The smallest absolute Gasteiger partial charge is 0.256 e. The number of hydrogen-bond donors (Lipinski definition) is 1. The number of phenolic OH excluding ortho intramolecular Hbond substituents is 1. The van der Waals surface area contributed by atoms with E-state index in [0.29, 0.717) is 11.5 Å². The molecule has 4 aliphatic heterocycles. The first-order valence-electron chi connectivity index (χ1n) is 18.9. The quantitative estimate of drug-likeness (QED) is 0.186. The Morgan fingerprint density at radius 2 is 0.875 bits per heavy atom. The maximum Gasteiger partial charge on any atom is 0.256 e. The lowest BCUT2D eigenvalue weighted by Crippen LogP contribution is -2.63. The molecule has 8 heteroatoms. The summed E-state index contributed by atoms with van der Waals surface area (Å²) in [6.45, 7) is -0.273. The zero-order valence-corrected chi connectivity index (χ0v) is 30.0. The summed E-state index contributed by atoms with van der Waals surface area (Å²) in [5.74, 6) is 4.64. The highest BCUT2D eigenvalue weighted by Gasteiger charge is 2.47. The summed E-state index contributed by atoms with van der Waals surface area (Å²) in [4.78, 5) is 4.63. The molecule has 0 fully saturated rings. The Bertz CT molecular complexity index is 2890. The number of aromatic hydroxyl groups is 1. The van der Waals surface area contributed by atoms with Crippen molar-refractivity contribution in [1.29, 1.82) is 0 Å². The molecule has 262 valence electrons. The van der Waals surface area contributed by atoms with E-state index in [9.17, 15) is 5.11 Å². The number of fused-ring (bicyclic) bond motifs is 8. The first kappa shape index (κ1) is 31.1. The van der Waals surface area contributed by atoms with Crippen LogP contribution in [0.3, 0.4) is 0 Å². The van der Waals surface area contributed by atoms with Crippen LogP contribution in [-0.2, 0) is 0 Å². The monoisotopic (exact) mass is 720 g/mol. The van der Waals surface area contributed by atoms with Crippen LogP contribution in [-0.4, -0.2) is 18.5 Å². The van der Waals surface area contributed by atoms with Crippen LogP contribution in [0.1, 0.15) is 0 Å². The van der Waals surface area contributed by atoms with Crippen LogP contribution in [0.25, 0.3) is 0 Å². The molecule has 0 aromatic heterocycles. The fourth-order valence-electron chi connectivity index (χ4n) is 9.24. The molecule has 4 aliphatic rings. The molecule has 56 heavy (non-hydrogen) atoms. The van der Waals surface area contributed by atoms with Gasteiger partial charge in [0.05, 0.1) is 0 Å². The van der Waals surface area contributed by atoms with Gasteiger partial charge in [0.1, 0.15) is 40.2 Å². The number of anilines is 6. The van der Waals surface area contributed by atoms with E-state index in [-0.39, 0.29) is 19.2 Å². The molecule has 0 saturated heterocycles. The van der Waals surface area contributed by atoms with Gasteiger partial charge in [-0.3, -0.25) is 0 Å². The molecule has 0 spiro atoms. The topological polar surface area (TPSA) is 54.4 Å². The maximum atomic E-state index is 11.2. The zero-order chi connectivity index (χ0) is 36.9. The van der Waals surface area contributed by atoms with Gasteiger partial charge in [0.2, 0.25) is 0 Å². The van der Waals surface area contributed by atoms with E-state index >= 15 is 0 Å². The minimum atomic E-state index is -0.145. The lowest BCUT2D eigenvalue weighted by Gasteiger charge is -2.44. The molecule has 8 aromatic rings. The number of rotatable bonds is 4. The molecule has 6 nitrogen and oxygen atoms in total. The Balaban J connectivity index is 1.18. The van der Waals surface area contributed by atoms with Crippen molar-refractivity contribution in [2.24, 2.45) is 0 Å². The van der Waals surface area contributed by atoms with Crippen molar-refractivity contribution in [3.05, 3.63) is 176 Å². The summed E-state index contributed by atoms with van der Waals surface area (Å²) in [5, 5.41) is 11.2. The zero-order valence-electron chi connectivity index (χ0n) is 30.0. The highest BCUT2D eigenvalue weighted by molar-refractivity contribution is 7.02. The van der Waals surface area contributed by atoms with Gasteiger partial charge in [-0.05, 0) is 87.4 Å². The summed E-state index contributed by atoms with van der Waals surface area (Å²) >= 11 is 0. The number of para-hydroxylation sites is 5. The van der Waals surface area contributed by atoms with Gasteiger partial charge in [-0.2, -0.15) is 0 Å². The molecule has 1 N–H and O–H groups in total. The van der Waals surface area contributed by atoms with Crippen LogP contribution in [0, 0.1) is 0 Å². The molecular formula is C48H30B2N2O4. The predicted molar refractivity (Wildman–Crippen MR) is 226 cm³/mol. The third-order valence-electron chi connectivity index (χ3n) is 11.4. The van der Waals surface area contributed by atoms with Gasteiger partial charge in [-0.1, -0.05) is 97.1 Å². The second-order valence-electron chi connectivity index (χ2n) is 14.6. The van der Waals surface area contributed by atoms with Gasteiger partial charge in [0, 0.05) is 58.4 Å². The Morgan fingerprint density at radius 3 is 1.45 bits per heavy atom. The standard InChI is InChI=1S/C48H30B2N2O4/c53-32-24-41-47-45(25-32)55-43-22-12-10-20-35(43)49(47)37-28-38-40(29-39(37)51(41)30-14-4-1-5-15-30)52(31-16-6-2-7-17-31)42-26-34(54-33-18-8-3-9-19-33)27-46-48(42)50(38)36-21-11-13-23-44(36)56-46/h1-29,53H. The predicted octanol–water partition coefficient (Wildman–Crippen LogP) is 7.99. The van der Waals surface area contributed by atoms with E-state index in [4.69, 9.17) is 14.2 Å². The minimum Gasteiger partial charge on any atom is -0.508 e. The molecule has 0 radical (unpaired) electrons. The molecule has 0 atom stereocenters. The van der Waals surface area contributed by atoms with Crippen LogP contribution >= 0.6 is 0 Å². The highest BCUT2D eigenvalue weighted by Crippen LogP contribution is 2.47. The lowest BCUT2D eigenvalue weighted by atomic mass is 9.31. The Hall–Kier alpha value is -7.31. The van der Waals surface area contributed by atoms with E-state index in [2.05, 4.69) is 113 Å². The van der Waals surface area contributed by atoms with Crippen molar-refractivity contribution >= 4 is 80.3 Å². The van der Waals surface area contributed by atoms with Gasteiger partial charge in [-0.15, -0.1) is 0 Å². The minimum absolute atomic E-state index is 0.128. The number of benzene rings is 8. The average Bonchev–Trinajstić information content (AvgIpc) is 3.23. The highest BCUT2D eigenvalue weighted by atomic mass is 16.5. The van der Waals surface area contributed by atoms with E-state index in [1.165, 1.54) is 5.46 Å². The second-order valence-corrected chi connectivity index (χ2v) is 14.6. The Labute approximate surface area is 324 Å². The van der Waals surface area contributed by atoms with Gasteiger partial charge < -0.3 is 29.1 Å². The third-order valence-corrected chi connectivity index (χ3v) is 11.4. The average molecular weight is 720 g/mol. The fraction of sp³-hybridized carbons (Fsp3) is 0. The van der Waals surface area contributed by atoms with Crippen molar-refractivity contribution in [1.82, 2.24) is 0 Å². The molecular weight excluding hydrogens is 690 g/mol. The van der Waals surface area contributed by atoms with Crippen molar-refractivity contribution in [3.63, 3.8) is 0 Å². The third kappa shape index (κ3) is 4.53. The molecule has 0 aliphatic carbocycles. The molecule has 0 unspecified atom stereocenters. The maximum absolute atomic E-state index is 11.2. The van der Waals surface area contributed by atoms with Gasteiger partial charge >= 0.3 is 0 Å². The number of phenols is 1. The summed E-state index contributed by atoms with van der Waals surface area (Å²) in [5.41, 5.74) is 12.6. The first-order valence-corrected chi connectivity index (χ1v) is 18.9. The van der Waals surface area contributed by atoms with Crippen LogP contribution in [0.5, 0.6) is 40.2 Å². The van der Waals surface area contributed by atoms with Crippen molar-refractivity contribution in [3.8, 4) is 40.2 Å².